The molecule has 0 unspecified atom stereocenters. The summed E-state index contributed by atoms with van der Waals surface area (Å²) in [7, 11) is -4.44. The third-order valence-electron chi connectivity index (χ3n) is 6.71. The molecule has 0 saturated heterocycles. The first kappa shape index (κ1) is 22.5. The van der Waals surface area contributed by atoms with E-state index in [-0.39, 0.29) is 5.41 Å². The van der Waals surface area contributed by atoms with Gasteiger partial charge in [0, 0.05) is 41.1 Å². The van der Waals surface area contributed by atoms with Crippen LogP contribution in [0.2, 0.25) is 0 Å². The van der Waals surface area contributed by atoms with E-state index in [2.05, 4.69) is 69.9 Å². The zero-order valence-electron chi connectivity index (χ0n) is 19.3. The van der Waals surface area contributed by atoms with Gasteiger partial charge in [-0.2, -0.15) is 4.58 Å². The summed E-state index contributed by atoms with van der Waals surface area (Å²) in [4.78, 5) is 2.32. The molecule has 4 rings (SSSR count). The molecule has 2 aliphatic heterocycles. The van der Waals surface area contributed by atoms with Crippen LogP contribution in [0.5, 0.6) is 0 Å². The molecule has 0 spiro atoms. The fourth-order valence-electron chi connectivity index (χ4n) is 5.15. The molecule has 32 heavy (non-hydrogen) atoms. The van der Waals surface area contributed by atoms with E-state index in [1.165, 1.54) is 16.9 Å². The van der Waals surface area contributed by atoms with Gasteiger partial charge >= 0.3 is 0 Å². The Balaban J connectivity index is 1.79. The van der Waals surface area contributed by atoms with E-state index >= 15 is 0 Å². The molecule has 2 aromatic rings. The molecule has 0 saturated carbocycles. The number of rotatable bonds is 5. The number of anilines is 1. The zero-order chi connectivity index (χ0) is 23.3. The number of benzene rings is 2. The van der Waals surface area contributed by atoms with Crippen LogP contribution in [0, 0.1) is 0 Å². The number of fused-ring (bicyclic) bond motifs is 2. The first-order valence-electron chi connectivity index (χ1n) is 10.9. The summed E-state index contributed by atoms with van der Waals surface area (Å²) in [6.45, 7) is 11.6. The molecule has 0 radical (unpaired) electrons. The summed E-state index contributed by atoms with van der Waals surface area (Å²) in [5, 5.41) is 0. The van der Waals surface area contributed by atoms with Crippen molar-refractivity contribution in [1.29, 1.82) is 0 Å². The molecule has 2 heterocycles. The molecule has 168 valence electrons. The number of nitrogens with zero attached hydrogens (tertiary/aromatic N) is 2. The lowest BCUT2D eigenvalue weighted by Crippen LogP contribution is -2.29. The quantitative estimate of drug-likeness (QED) is 0.484. The van der Waals surface area contributed by atoms with Crippen molar-refractivity contribution in [2.24, 2.45) is 0 Å². The van der Waals surface area contributed by atoms with Gasteiger partial charge in [0.05, 0.1) is 5.41 Å². The van der Waals surface area contributed by atoms with Gasteiger partial charge < -0.3 is 9.45 Å². The van der Waals surface area contributed by atoms with E-state index < -0.39 is 21.4 Å². The van der Waals surface area contributed by atoms with Crippen molar-refractivity contribution in [3.05, 3.63) is 83.6 Å². The van der Waals surface area contributed by atoms with Crippen LogP contribution in [-0.2, 0) is 20.9 Å². The Kier molecular flexibility index (Phi) is 5.42. The van der Waals surface area contributed by atoms with Crippen LogP contribution in [0.15, 0.2) is 72.5 Å². The van der Waals surface area contributed by atoms with Gasteiger partial charge in [-0.25, -0.2) is 8.42 Å². The molecule has 0 fully saturated rings. The predicted octanol–water partition coefficient (Wildman–Crippen LogP) is 4.82. The minimum atomic E-state index is -4.44. The summed E-state index contributed by atoms with van der Waals surface area (Å²) >= 11 is 0. The van der Waals surface area contributed by atoms with E-state index in [1.807, 2.05) is 36.4 Å². The lowest BCUT2D eigenvalue weighted by Gasteiger charge is -2.25. The molecule has 2 aliphatic rings. The Morgan fingerprint density at radius 2 is 1.59 bits per heavy atom. The fourth-order valence-corrected chi connectivity index (χ4v) is 5.74. The largest absolute Gasteiger partial charge is 0.743 e. The van der Waals surface area contributed by atoms with Gasteiger partial charge in [0.1, 0.15) is 0 Å². The first-order chi connectivity index (χ1) is 15.0. The van der Waals surface area contributed by atoms with E-state index in [1.54, 1.807) is 4.58 Å². The predicted molar refractivity (Wildman–Crippen MR) is 129 cm³/mol. The van der Waals surface area contributed by atoms with Crippen molar-refractivity contribution in [2.75, 3.05) is 17.3 Å². The van der Waals surface area contributed by atoms with Gasteiger partial charge in [0.25, 0.3) is 0 Å². The highest BCUT2D eigenvalue weighted by Crippen LogP contribution is 2.47. The third kappa shape index (κ3) is 3.61. The van der Waals surface area contributed by atoms with Crippen molar-refractivity contribution < 1.29 is 17.5 Å². The van der Waals surface area contributed by atoms with E-state index in [4.69, 9.17) is 0 Å². The molecular weight excluding hydrogens is 420 g/mol. The molecular formula is C26H30N2O3S. The highest BCUT2D eigenvalue weighted by atomic mass is 32.2. The van der Waals surface area contributed by atoms with Gasteiger partial charge in [0.15, 0.2) is 15.8 Å². The highest BCUT2D eigenvalue weighted by Gasteiger charge is 2.44. The molecule has 0 N–H and O–H groups in total. The van der Waals surface area contributed by atoms with Crippen molar-refractivity contribution in [2.45, 2.75) is 45.4 Å². The summed E-state index contributed by atoms with van der Waals surface area (Å²) in [6.07, 6.45) is 6.05. The van der Waals surface area contributed by atoms with Crippen molar-refractivity contribution in [3.8, 4) is 0 Å². The molecule has 5 nitrogen and oxygen atoms in total. The van der Waals surface area contributed by atoms with Gasteiger partial charge in [-0.3, -0.25) is 0 Å². The van der Waals surface area contributed by atoms with Crippen molar-refractivity contribution in [1.82, 2.24) is 0 Å². The minimum absolute atomic E-state index is 0.145. The molecule has 0 aromatic heterocycles. The summed E-state index contributed by atoms with van der Waals surface area (Å²) in [5.41, 5.74) is 5.72. The number of likely N-dealkylation sites (N-methyl/N-ethyl adjacent to an activating group) is 1. The summed E-state index contributed by atoms with van der Waals surface area (Å²) in [5.74, 6) is -0.582. The van der Waals surface area contributed by atoms with Gasteiger partial charge in [-0.1, -0.05) is 56.3 Å². The average molecular weight is 451 g/mol. The number of hydrogen-bond donors (Lipinski definition) is 0. The molecule has 0 bridgehead atoms. The van der Waals surface area contributed by atoms with Crippen LogP contribution in [0.25, 0.3) is 0 Å². The number of para-hydroxylation sites is 2. The normalized spacial score (nSPS) is 20.3. The molecule has 0 amide bonds. The van der Waals surface area contributed by atoms with Crippen LogP contribution >= 0.6 is 0 Å². The fraction of sp³-hybridized carbons (Fsp3) is 0.346. The van der Waals surface area contributed by atoms with Crippen LogP contribution in [0.1, 0.15) is 45.7 Å². The average Bonchev–Trinajstić information content (AvgIpc) is 3.07. The Labute approximate surface area is 191 Å². The SMILES string of the molecule is CCN1/C(=C/C=C/C2=[N+](CS(=O)(=O)[O-])c3ccccc3C2(C)C)C(C)(C)c2ccccc21. The maximum Gasteiger partial charge on any atom is 0.237 e. The van der Waals surface area contributed by atoms with Gasteiger partial charge in [-0.05, 0) is 38.5 Å². The van der Waals surface area contributed by atoms with Crippen LogP contribution in [-0.4, -0.2) is 35.7 Å². The van der Waals surface area contributed by atoms with E-state index in [0.717, 1.165) is 23.5 Å². The third-order valence-corrected chi connectivity index (χ3v) is 7.28. The van der Waals surface area contributed by atoms with Crippen LogP contribution in [0.3, 0.4) is 0 Å². The lowest BCUT2D eigenvalue weighted by atomic mass is 9.81. The molecule has 2 aromatic carbocycles. The lowest BCUT2D eigenvalue weighted by molar-refractivity contribution is -0.416. The Morgan fingerprint density at radius 3 is 2.25 bits per heavy atom. The summed E-state index contributed by atoms with van der Waals surface area (Å²) < 4.78 is 36.7. The van der Waals surface area contributed by atoms with Crippen LogP contribution < -0.4 is 4.90 Å². The van der Waals surface area contributed by atoms with Gasteiger partial charge in [-0.15, -0.1) is 0 Å². The standard InChI is InChI=1S/C26H30N2O3S/c1-6-27-21-14-9-7-12-19(21)25(2,3)23(27)16-11-17-24-26(4,5)20-13-8-10-15-22(20)28(24)18-32(29,30)31/h7-17H,6,18H2,1-5H3. The maximum absolute atomic E-state index is 11.7. The van der Waals surface area contributed by atoms with E-state index in [9.17, 15) is 13.0 Å². The smallest absolute Gasteiger partial charge is 0.237 e. The Morgan fingerprint density at radius 1 is 0.969 bits per heavy atom. The summed E-state index contributed by atoms with van der Waals surface area (Å²) in [6, 6.07) is 16.1. The Hall–Kier alpha value is -2.70. The van der Waals surface area contributed by atoms with Crippen molar-refractivity contribution >= 4 is 27.2 Å². The highest BCUT2D eigenvalue weighted by molar-refractivity contribution is 7.85. The second-order valence-electron chi connectivity index (χ2n) is 9.44. The topological polar surface area (TPSA) is 63.5 Å². The van der Waals surface area contributed by atoms with Crippen LogP contribution in [0.4, 0.5) is 11.4 Å². The molecule has 0 aliphatic carbocycles. The maximum atomic E-state index is 11.7. The number of allylic oxidation sites excluding steroid dienone is 4. The minimum Gasteiger partial charge on any atom is -0.743 e. The van der Waals surface area contributed by atoms with Gasteiger partial charge in [0.2, 0.25) is 11.6 Å². The molecule has 0 atom stereocenters. The zero-order valence-corrected chi connectivity index (χ0v) is 20.1. The van der Waals surface area contributed by atoms with Crippen molar-refractivity contribution in [3.63, 3.8) is 0 Å². The number of hydrogen-bond acceptors (Lipinski definition) is 4. The Bertz CT molecular complexity index is 1270. The second kappa shape index (κ2) is 7.71. The second-order valence-corrected chi connectivity index (χ2v) is 10.8. The first-order valence-corrected chi connectivity index (χ1v) is 12.5. The van der Waals surface area contributed by atoms with E-state index in [0.29, 0.717) is 0 Å². The monoisotopic (exact) mass is 450 g/mol. The molecule has 6 heteroatoms.